The number of aromatic nitrogens is 2. The second kappa shape index (κ2) is 5.07. The van der Waals surface area contributed by atoms with Crippen molar-refractivity contribution in [2.75, 3.05) is 7.05 Å². The van der Waals surface area contributed by atoms with Gasteiger partial charge >= 0.3 is 0 Å². The monoisotopic (exact) mass is 269 g/mol. The molecule has 1 heterocycles. The Balaban J connectivity index is 2.12. The zero-order valence-corrected chi connectivity index (χ0v) is 11.7. The van der Waals surface area contributed by atoms with Crippen LogP contribution in [-0.4, -0.2) is 17.2 Å². The Morgan fingerprint density at radius 2 is 1.84 bits per heavy atom. The Morgan fingerprint density at radius 1 is 1.05 bits per heavy atom. The zero-order chi connectivity index (χ0) is 13.2. The predicted molar refractivity (Wildman–Crippen MR) is 80.3 cm³/mol. The van der Waals surface area contributed by atoms with Gasteiger partial charge in [0.15, 0.2) is 0 Å². The number of hydrogen-bond donors (Lipinski definition) is 1. The maximum absolute atomic E-state index is 4.33. The lowest BCUT2D eigenvalue weighted by Gasteiger charge is -2.04. The van der Waals surface area contributed by atoms with E-state index in [2.05, 4.69) is 64.9 Å². The van der Waals surface area contributed by atoms with Crippen LogP contribution in [0.15, 0.2) is 42.5 Å². The Bertz CT molecular complexity index is 700. The maximum Gasteiger partial charge on any atom is 0.148 e. The van der Waals surface area contributed by atoms with Gasteiger partial charge in [-0.1, -0.05) is 53.8 Å². The molecule has 3 aromatic rings. The molecule has 3 rings (SSSR count). The summed E-state index contributed by atoms with van der Waals surface area (Å²) in [5.41, 5.74) is 1.16. The van der Waals surface area contributed by atoms with Crippen molar-refractivity contribution in [1.29, 1.82) is 0 Å². The Labute approximate surface area is 116 Å². The number of hydrogen-bond acceptors (Lipinski definition) is 4. The molecule has 0 aliphatic carbocycles. The summed E-state index contributed by atoms with van der Waals surface area (Å²) in [5, 5.41) is 16.3. The van der Waals surface area contributed by atoms with E-state index in [-0.39, 0.29) is 6.04 Å². The molecule has 1 aromatic heterocycles. The van der Waals surface area contributed by atoms with Gasteiger partial charge in [0.1, 0.15) is 10.0 Å². The van der Waals surface area contributed by atoms with E-state index in [4.69, 9.17) is 0 Å². The van der Waals surface area contributed by atoms with Gasteiger partial charge in [0, 0.05) is 5.56 Å². The summed E-state index contributed by atoms with van der Waals surface area (Å²) in [5.74, 6) is 0. The van der Waals surface area contributed by atoms with Crippen LogP contribution in [0.2, 0.25) is 0 Å². The number of nitrogens with zero attached hydrogens (tertiary/aromatic N) is 2. The van der Waals surface area contributed by atoms with Crippen LogP contribution in [0.1, 0.15) is 18.0 Å². The molecular formula is C15H15N3S. The maximum atomic E-state index is 4.33. The van der Waals surface area contributed by atoms with Crippen LogP contribution in [0.25, 0.3) is 21.3 Å². The van der Waals surface area contributed by atoms with Crippen molar-refractivity contribution in [1.82, 2.24) is 15.5 Å². The number of fused-ring (bicyclic) bond motifs is 1. The van der Waals surface area contributed by atoms with Crippen LogP contribution in [0, 0.1) is 0 Å². The summed E-state index contributed by atoms with van der Waals surface area (Å²) in [6.07, 6.45) is 0. The van der Waals surface area contributed by atoms with Crippen molar-refractivity contribution in [3.05, 3.63) is 47.5 Å². The molecule has 96 valence electrons. The highest BCUT2D eigenvalue weighted by Crippen LogP contribution is 2.31. The van der Waals surface area contributed by atoms with Crippen LogP contribution in [0.4, 0.5) is 0 Å². The largest absolute Gasteiger partial charge is 0.311 e. The molecule has 0 bridgehead atoms. The van der Waals surface area contributed by atoms with Gasteiger partial charge in [-0.05, 0) is 24.7 Å². The van der Waals surface area contributed by atoms with E-state index in [9.17, 15) is 0 Å². The summed E-state index contributed by atoms with van der Waals surface area (Å²) in [6.45, 7) is 2.09. The lowest BCUT2D eigenvalue weighted by Crippen LogP contribution is -2.11. The molecule has 0 saturated heterocycles. The van der Waals surface area contributed by atoms with Crippen molar-refractivity contribution in [3.8, 4) is 10.6 Å². The Kier molecular flexibility index (Phi) is 3.27. The second-order valence-corrected chi connectivity index (χ2v) is 5.49. The van der Waals surface area contributed by atoms with E-state index < -0.39 is 0 Å². The highest BCUT2D eigenvalue weighted by atomic mass is 32.1. The first-order chi connectivity index (χ1) is 9.29. The molecule has 0 radical (unpaired) electrons. The minimum Gasteiger partial charge on any atom is -0.311 e. The van der Waals surface area contributed by atoms with Gasteiger partial charge in [0.25, 0.3) is 0 Å². The van der Waals surface area contributed by atoms with Crippen molar-refractivity contribution >= 4 is 22.1 Å². The number of benzene rings is 2. The van der Waals surface area contributed by atoms with Gasteiger partial charge in [-0.25, -0.2) is 0 Å². The van der Waals surface area contributed by atoms with Crippen molar-refractivity contribution in [3.63, 3.8) is 0 Å². The standard InChI is InChI=1S/C15H15N3S/c1-10(16-2)14-17-18-15(19-14)13-9-5-7-11-6-3-4-8-12(11)13/h3-10,16H,1-2H3. The lowest BCUT2D eigenvalue weighted by atomic mass is 10.1. The van der Waals surface area contributed by atoms with Crippen molar-refractivity contribution in [2.24, 2.45) is 0 Å². The quantitative estimate of drug-likeness (QED) is 0.789. The molecule has 0 spiro atoms. The van der Waals surface area contributed by atoms with Crippen LogP contribution in [0.3, 0.4) is 0 Å². The van der Waals surface area contributed by atoms with Crippen LogP contribution >= 0.6 is 11.3 Å². The minimum absolute atomic E-state index is 0.237. The minimum atomic E-state index is 0.237. The van der Waals surface area contributed by atoms with Crippen molar-refractivity contribution < 1.29 is 0 Å². The highest BCUT2D eigenvalue weighted by Gasteiger charge is 2.12. The highest BCUT2D eigenvalue weighted by molar-refractivity contribution is 7.14. The molecule has 0 amide bonds. The molecule has 0 aliphatic heterocycles. The molecule has 4 heteroatoms. The normalized spacial score (nSPS) is 12.7. The number of nitrogens with one attached hydrogen (secondary N) is 1. The Hall–Kier alpha value is -1.78. The number of rotatable bonds is 3. The Morgan fingerprint density at radius 3 is 2.68 bits per heavy atom. The third-order valence-corrected chi connectivity index (χ3v) is 4.40. The molecule has 19 heavy (non-hydrogen) atoms. The topological polar surface area (TPSA) is 37.8 Å². The van der Waals surface area contributed by atoms with E-state index in [0.717, 1.165) is 15.6 Å². The first kappa shape index (κ1) is 12.3. The van der Waals surface area contributed by atoms with E-state index in [1.807, 2.05) is 7.05 Å². The molecule has 1 atom stereocenters. The van der Waals surface area contributed by atoms with Crippen LogP contribution in [0.5, 0.6) is 0 Å². The summed E-state index contributed by atoms with van der Waals surface area (Å²) in [7, 11) is 1.93. The first-order valence-electron chi connectivity index (χ1n) is 6.28. The van der Waals surface area contributed by atoms with Gasteiger partial charge in [-0.15, -0.1) is 10.2 Å². The molecule has 1 unspecified atom stereocenters. The third kappa shape index (κ3) is 2.25. The summed E-state index contributed by atoms with van der Waals surface area (Å²) in [4.78, 5) is 0. The van der Waals surface area contributed by atoms with E-state index in [1.54, 1.807) is 11.3 Å². The fourth-order valence-electron chi connectivity index (χ4n) is 2.05. The molecule has 0 saturated carbocycles. The molecule has 0 aliphatic rings. The lowest BCUT2D eigenvalue weighted by molar-refractivity contribution is 0.640. The van der Waals surface area contributed by atoms with Crippen molar-refractivity contribution in [2.45, 2.75) is 13.0 Å². The van der Waals surface area contributed by atoms with E-state index in [0.29, 0.717) is 0 Å². The first-order valence-corrected chi connectivity index (χ1v) is 7.10. The van der Waals surface area contributed by atoms with Gasteiger partial charge in [0.2, 0.25) is 0 Å². The van der Waals surface area contributed by atoms with Crippen LogP contribution < -0.4 is 5.32 Å². The molecule has 2 aromatic carbocycles. The SMILES string of the molecule is CNC(C)c1nnc(-c2cccc3ccccc23)s1. The van der Waals surface area contributed by atoms with E-state index in [1.165, 1.54) is 10.8 Å². The molecule has 1 N–H and O–H groups in total. The predicted octanol–water partition coefficient (Wildman–Crippen LogP) is 3.64. The fourth-order valence-corrected chi connectivity index (χ4v) is 3.00. The smallest absolute Gasteiger partial charge is 0.148 e. The van der Waals surface area contributed by atoms with Gasteiger partial charge in [-0.2, -0.15) is 0 Å². The van der Waals surface area contributed by atoms with E-state index >= 15 is 0 Å². The van der Waals surface area contributed by atoms with Crippen LogP contribution in [-0.2, 0) is 0 Å². The van der Waals surface area contributed by atoms with Gasteiger partial charge in [0.05, 0.1) is 6.04 Å². The fraction of sp³-hybridized carbons (Fsp3) is 0.200. The molecule has 3 nitrogen and oxygen atoms in total. The summed E-state index contributed by atoms with van der Waals surface area (Å²) < 4.78 is 0. The second-order valence-electron chi connectivity index (χ2n) is 4.48. The molecular weight excluding hydrogens is 254 g/mol. The van der Waals surface area contributed by atoms with Gasteiger partial charge < -0.3 is 5.32 Å². The average molecular weight is 269 g/mol. The average Bonchev–Trinajstić information content (AvgIpc) is 2.95. The molecule has 0 fully saturated rings. The summed E-state index contributed by atoms with van der Waals surface area (Å²) >= 11 is 1.65. The van der Waals surface area contributed by atoms with Gasteiger partial charge in [-0.3, -0.25) is 0 Å². The zero-order valence-electron chi connectivity index (χ0n) is 10.9. The third-order valence-electron chi connectivity index (χ3n) is 3.26. The summed E-state index contributed by atoms with van der Waals surface area (Å²) in [6, 6.07) is 14.9.